The van der Waals surface area contributed by atoms with Crippen LogP contribution in [0.25, 0.3) is 11.3 Å². The van der Waals surface area contributed by atoms with E-state index in [-0.39, 0.29) is 5.91 Å². The van der Waals surface area contributed by atoms with Gasteiger partial charge in [0.25, 0.3) is 5.91 Å². The molecular weight excluding hydrogens is 320 g/mol. The number of hydrogen-bond donors (Lipinski definition) is 1. The summed E-state index contributed by atoms with van der Waals surface area (Å²) in [6.45, 7) is 0.399. The predicted molar refractivity (Wildman–Crippen MR) is 92.7 cm³/mol. The highest BCUT2D eigenvalue weighted by Gasteiger charge is 2.17. The van der Waals surface area contributed by atoms with Crippen LogP contribution in [0.2, 0.25) is 0 Å². The summed E-state index contributed by atoms with van der Waals surface area (Å²) in [7, 11) is 3.21. The van der Waals surface area contributed by atoms with Gasteiger partial charge >= 0.3 is 0 Å². The molecule has 6 nitrogen and oxygen atoms in total. The Balaban J connectivity index is 1.71. The maximum atomic E-state index is 12.5. The predicted octanol–water partition coefficient (Wildman–Crippen LogP) is 3.29. The Morgan fingerprint density at radius 3 is 2.20 bits per heavy atom. The normalized spacial score (nSPS) is 10.3. The Kier molecular flexibility index (Phi) is 4.99. The van der Waals surface area contributed by atoms with Crippen LogP contribution in [0.5, 0.6) is 11.5 Å². The largest absolute Gasteiger partial charge is 0.497 e. The molecule has 0 atom stereocenters. The molecule has 0 saturated heterocycles. The monoisotopic (exact) mass is 338 g/mol. The molecule has 0 fully saturated rings. The minimum absolute atomic E-state index is 0.247. The fourth-order valence-corrected chi connectivity index (χ4v) is 2.37. The van der Waals surface area contributed by atoms with E-state index in [2.05, 4.69) is 10.5 Å². The molecule has 0 saturated carbocycles. The molecule has 3 aromatic rings. The Bertz CT molecular complexity index is 839. The number of benzene rings is 2. The zero-order valence-electron chi connectivity index (χ0n) is 14.0. The van der Waals surface area contributed by atoms with Gasteiger partial charge in [0.2, 0.25) is 0 Å². The number of carbonyl (C=O) groups is 1. The third-order valence-electron chi connectivity index (χ3n) is 3.78. The SMILES string of the molecule is COc1ccc(CNC(=O)c2cnoc2-c2ccc(OC)cc2)cc1. The zero-order chi connectivity index (χ0) is 17.6. The molecule has 0 unspecified atom stereocenters. The summed E-state index contributed by atoms with van der Waals surface area (Å²) in [6, 6.07) is 14.7. The van der Waals surface area contributed by atoms with Gasteiger partial charge in [0, 0.05) is 12.1 Å². The Hall–Kier alpha value is -3.28. The topological polar surface area (TPSA) is 73.6 Å². The highest BCUT2D eigenvalue weighted by atomic mass is 16.5. The highest BCUT2D eigenvalue weighted by molar-refractivity contribution is 5.99. The van der Waals surface area contributed by atoms with E-state index in [1.807, 2.05) is 36.4 Å². The first-order chi connectivity index (χ1) is 12.2. The number of aromatic nitrogens is 1. The van der Waals surface area contributed by atoms with Crippen molar-refractivity contribution in [2.45, 2.75) is 6.54 Å². The van der Waals surface area contributed by atoms with Crippen LogP contribution in [0.4, 0.5) is 0 Å². The van der Waals surface area contributed by atoms with Crippen LogP contribution < -0.4 is 14.8 Å². The van der Waals surface area contributed by atoms with Crippen LogP contribution in [0.3, 0.4) is 0 Å². The molecule has 0 bridgehead atoms. The van der Waals surface area contributed by atoms with Gasteiger partial charge in [-0.15, -0.1) is 0 Å². The van der Waals surface area contributed by atoms with Gasteiger partial charge in [0.1, 0.15) is 17.1 Å². The summed E-state index contributed by atoms with van der Waals surface area (Å²) in [5.41, 5.74) is 2.11. The lowest BCUT2D eigenvalue weighted by atomic mass is 10.1. The lowest BCUT2D eigenvalue weighted by Crippen LogP contribution is -2.22. The van der Waals surface area contributed by atoms with E-state index in [4.69, 9.17) is 14.0 Å². The average Bonchev–Trinajstić information content (AvgIpc) is 3.16. The van der Waals surface area contributed by atoms with Crippen molar-refractivity contribution in [2.24, 2.45) is 0 Å². The molecule has 2 aromatic carbocycles. The summed E-state index contributed by atoms with van der Waals surface area (Å²) >= 11 is 0. The summed E-state index contributed by atoms with van der Waals surface area (Å²) < 4.78 is 15.5. The van der Waals surface area contributed by atoms with Crippen molar-refractivity contribution in [3.05, 3.63) is 65.9 Å². The van der Waals surface area contributed by atoms with Crippen molar-refractivity contribution >= 4 is 5.91 Å². The molecule has 0 aliphatic carbocycles. The lowest BCUT2D eigenvalue weighted by molar-refractivity contribution is 0.0951. The number of nitrogens with one attached hydrogen (secondary N) is 1. The van der Waals surface area contributed by atoms with Crippen molar-refractivity contribution in [1.82, 2.24) is 10.5 Å². The third kappa shape index (κ3) is 3.80. The first-order valence-corrected chi connectivity index (χ1v) is 7.71. The molecule has 25 heavy (non-hydrogen) atoms. The molecule has 1 amide bonds. The highest BCUT2D eigenvalue weighted by Crippen LogP contribution is 2.25. The molecule has 0 aliphatic heterocycles. The molecule has 6 heteroatoms. The number of rotatable bonds is 6. The van der Waals surface area contributed by atoms with Crippen molar-refractivity contribution < 1.29 is 18.8 Å². The van der Waals surface area contributed by atoms with Crippen LogP contribution in [0.15, 0.2) is 59.3 Å². The Morgan fingerprint density at radius 2 is 1.60 bits per heavy atom. The average molecular weight is 338 g/mol. The first-order valence-electron chi connectivity index (χ1n) is 7.71. The molecule has 3 rings (SSSR count). The fourth-order valence-electron chi connectivity index (χ4n) is 2.37. The van der Waals surface area contributed by atoms with Crippen LogP contribution >= 0.6 is 0 Å². The Morgan fingerprint density at radius 1 is 1.00 bits per heavy atom. The number of methoxy groups -OCH3 is 2. The molecule has 1 aromatic heterocycles. The van der Waals surface area contributed by atoms with E-state index in [1.54, 1.807) is 26.4 Å². The third-order valence-corrected chi connectivity index (χ3v) is 3.78. The van der Waals surface area contributed by atoms with Crippen LogP contribution in [0.1, 0.15) is 15.9 Å². The molecule has 0 aliphatic rings. The second-order valence-electron chi connectivity index (χ2n) is 5.33. The summed E-state index contributed by atoms with van der Waals surface area (Å²) in [4.78, 5) is 12.5. The van der Waals surface area contributed by atoms with Crippen molar-refractivity contribution in [3.63, 3.8) is 0 Å². The van der Waals surface area contributed by atoms with Gasteiger partial charge in [0.05, 0.1) is 20.4 Å². The molecule has 0 spiro atoms. The number of ether oxygens (including phenoxy) is 2. The van der Waals surface area contributed by atoms with E-state index >= 15 is 0 Å². The minimum atomic E-state index is -0.247. The Labute approximate surface area is 145 Å². The molecule has 1 heterocycles. The van der Waals surface area contributed by atoms with Crippen LogP contribution in [-0.4, -0.2) is 25.3 Å². The summed E-state index contributed by atoms with van der Waals surface area (Å²) in [6.07, 6.45) is 1.42. The smallest absolute Gasteiger partial charge is 0.257 e. The lowest BCUT2D eigenvalue weighted by Gasteiger charge is -2.06. The summed E-state index contributed by atoms with van der Waals surface area (Å²) in [5.74, 6) is 1.68. The number of hydrogen-bond acceptors (Lipinski definition) is 5. The summed E-state index contributed by atoms with van der Waals surface area (Å²) in [5, 5.41) is 6.62. The molecule has 1 N–H and O–H groups in total. The maximum Gasteiger partial charge on any atom is 0.257 e. The van der Waals surface area contributed by atoms with Gasteiger partial charge in [-0.25, -0.2) is 0 Å². The minimum Gasteiger partial charge on any atom is -0.497 e. The van der Waals surface area contributed by atoms with Gasteiger partial charge in [-0.3, -0.25) is 4.79 Å². The van der Waals surface area contributed by atoms with Gasteiger partial charge in [-0.05, 0) is 42.0 Å². The second kappa shape index (κ2) is 7.53. The zero-order valence-corrected chi connectivity index (χ0v) is 14.0. The maximum absolute atomic E-state index is 12.5. The second-order valence-corrected chi connectivity index (χ2v) is 5.33. The van der Waals surface area contributed by atoms with Crippen molar-refractivity contribution in [1.29, 1.82) is 0 Å². The van der Waals surface area contributed by atoms with E-state index in [1.165, 1.54) is 6.20 Å². The van der Waals surface area contributed by atoms with Crippen LogP contribution in [0, 0.1) is 0 Å². The van der Waals surface area contributed by atoms with Gasteiger partial charge in [-0.1, -0.05) is 17.3 Å². The standard InChI is InChI=1S/C19H18N2O4/c1-23-15-7-3-13(4-8-15)11-20-19(22)17-12-21-25-18(17)14-5-9-16(24-2)10-6-14/h3-10,12H,11H2,1-2H3,(H,20,22). The van der Waals surface area contributed by atoms with Gasteiger partial charge < -0.3 is 19.3 Å². The van der Waals surface area contributed by atoms with E-state index in [9.17, 15) is 4.79 Å². The first kappa shape index (κ1) is 16.6. The number of amides is 1. The molecular formula is C19H18N2O4. The number of nitrogens with zero attached hydrogens (tertiary/aromatic N) is 1. The van der Waals surface area contributed by atoms with Gasteiger partial charge in [-0.2, -0.15) is 0 Å². The number of carbonyl (C=O) groups excluding carboxylic acids is 1. The fraction of sp³-hybridized carbons (Fsp3) is 0.158. The van der Waals surface area contributed by atoms with E-state index in [0.29, 0.717) is 17.9 Å². The van der Waals surface area contributed by atoms with E-state index < -0.39 is 0 Å². The molecule has 128 valence electrons. The van der Waals surface area contributed by atoms with Crippen LogP contribution in [-0.2, 0) is 6.54 Å². The van der Waals surface area contributed by atoms with Gasteiger partial charge in [0.15, 0.2) is 5.76 Å². The molecule has 0 radical (unpaired) electrons. The van der Waals surface area contributed by atoms with E-state index in [0.717, 1.165) is 22.6 Å². The quantitative estimate of drug-likeness (QED) is 0.746. The van der Waals surface area contributed by atoms with Crippen molar-refractivity contribution in [3.8, 4) is 22.8 Å². The van der Waals surface area contributed by atoms with Crippen molar-refractivity contribution in [2.75, 3.05) is 14.2 Å².